The van der Waals surface area contributed by atoms with Gasteiger partial charge in [0.2, 0.25) is 0 Å². The molecule has 2 unspecified atom stereocenters. The van der Waals surface area contributed by atoms with Crippen LogP contribution in [0.1, 0.15) is 53.9 Å². The lowest BCUT2D eigenvalue weighted by Crippen LogP contribution is -2.36. The quantitative estimate of drug-likeness (QED) is 0.404. The maximum atomic E-state index is 11.8. The second kappa shape index (κ2) is 8.73. The molecule has 0 saturated heterocycles. The van der Waals surface area contributed by atoms with Crippen LogP contribution < -0.4 is 0 Å². The molecule has 3 atom stereocenters. The molecule has 1 saturated carbocycles. The molecule has 130 valence electrons. The third kappa shape index (κ3) is 6.53. The minimum atomic E-state index is -0.672. The zero-order valence-corrected chi connectivity index (χ0v) is 14.9. The topological polar surface area (TPSA) is 54.0 Å². The molecule has 5 heteroatoms. The van der Waals surface area contributed by atoms with Crippen LogP contribution in [-0.2, 0) is 18.9 Å². The first-order valence-electron chi connectivity index (χ1n) is 8.27. The van der Waals surface area contributed by atoms with Crippen LogP contribution >= 0.6 is 0 Å². The van der Waals surface area contributed by atoms with Gasteiger partial charge in [0.25, 0.3) is 0 Å². The molecular formula is C17H32O5. The third-order valence-corrected chi connectivity index (χ3v) is 4.45. The van der Waals surface area contributed by atoms with Crippen LogP contribution in [0.4, 0.5) is 4.79 Å². The predicted octanol–water partition coefficient (Wildman–Crippen LogP) is 4.00. The Kier molecular flexibility index (Phi) is 7.63. The van der Waals surface area contributed by atoms with Gasteiger partial charge in [-0.25, -0.2) is 4.79 Å². The summed E-state index contributed by atoms with van der Waals surface area (Å²) in [4.78, 5) is 11.8. The molecule has 5 nitrogen and oxygen atoms in total. The minimum Gasteiger partial charge on any atom is -0.432 e. The van der Waals surface area contributed by atoms with Crippen molar-refractivity contribution in [3.8, 4) is 0 Å². The number of hydrogen-bond donors (Lipinski definition) is 0. The molecule has 1 fully saturated rings. The second-order valence-corrected chi connectivity index (χ2v) is 7.03. The first-order valence-corrected chi connectivity index (χ1v) is 8.27. The Balaban J connectivity index is 2.33. The van der Waals surface area contributed by atoms with E-state index in [1.165, 1.54) is 6.42 Å². The standard InChI is InChI=1S/C17H32O5/c1-12(2)14-8-7-13(3)11-15(14)22-16(18)20-9-10-21-17(4,5)19-6/h12-15H,7-11H2,1-6H3/t13?,14-,15?/m0/s1. The molecule has 0 N–H and O–H groups in total. The monoisotopic (exact) mass is 316 g/mol. The number of hydrogen-bond acceptors (Lipinski definition) is 5. The van der Waals surface area contributed by atoms with Crippen molar-refractivity contribution >= 4 is 6.16 Å². The molecule has 1 rings (SSSR count). The molecular weight excluding hydrogens is 284 g/mol. The highest BCUT2D eigenvalue weighted by Gasteiger charge is 2.33. The van der Waals surface area contributed by atoms with Gasteiger partial charge in [0, 0.05) is 7.11 Å². The van der Waals surface area contributed by atoms with Crippen molar-refractivity contribution < 1.29 is 23.7 Å². The third-order valence-electron chi connectivity index (χ3n) is 4.45. The van der Waals surface area contributed by atoms with Gasteiger partial charge in [0.15, 0.2) is 5.79 Å². The zero-order valence-electron chi connectivity index (χ0n) is 14.9. The normalized spacial score (nSPS) is 26.0. The lowest BCUT2D eigenvalue weighted by Gasteiger charge is -2.36. The van der Waals surface area contributed by atoms with Gasteiger partial charge in [0.1, 0.15) is 12.7 Å². The lowest BCUT2D eigenvalue weighted by molar-refractivity contribution is -0.201. The van der Waals surface area contributed by atoms with Crippen molar-refractivity contribution in [1.29, 1.82) is 0 Å². The van der Waals surface area contributed by atoms with E-state index in [1.807, 2.05) is 13.8 Å². The fourth-order valence-electron chi connectivity index (χ4n) is 2.88. The summed E-state index contributed by atoms with van der Waals surface area (Å²) in [6, 6.07) is 0. The summed E-state index contributed by atoms with van der Waals surface area (Å²) in [5.74, 6) is 0.858. The van der Waals surface area contributed by atoms with Crippen molar-refractivity contribution in [2.45, 2.75) is 65.8 Å². The van der Waals surface area contributed by atoms with Gasteiger partial charge in [-0.05, 0) is 44.4 Å². The van der Waals surface area contributed by atoms with Crippen molar-refractivity contribution in [2.75, 3.05) is 20.3 Å². The number of carbonyl (C=O) groups excluding carboxylic acids is 1. The SMILES string of the molecule is COC(C)(C)OCCOC(=O)OC1CC(C)CC[C@H]1C(C)C. The Morgan fingerprint density at radius 1 is 1.23 bits per heavy atom. The van der Waals surface area contributed by atoms with Gasteiger partial charge in [-0.1, -0.05) is 27.2 Å². The molecule has 0 aliphatic heterocycles. The smallest absolute Gasteiger partial charge is 0.432 e. The zero-order chi connectivity index (χ0) is 16.8. The molecule has 0 radical (unpaired) electrons. The van der Waals surface area contributed by atoms with Gasteiger partial charge in [0.05, 0.1) is 6.61 Å². The minimum absolute atomic E-state index is 0.0346. The van der Waals surface area contributed by atoms with Gasteiger partial charge < -0.3 is 18.9 Å². The predicted molar refractivity (Wildman–Crippen MR) is 84.6 cm³/mol. The highest BCUT2D eigenvalue weighted by atomic mass is 16.7. The largest absolute Gasteiger partial charge is 0.508 e. The van der Waals surface area contributed by atoms with Crippen LogP contribution in [0.5, 0.6) is 0 Å². The molecule has 0 bridgehead atoms. The van der Waals surface area contributed by atoms with E-state index in [0.29, 0.717) is 17.8 Å². The molecule has 0 amide bonds. The lowest BCUT2D eigenvalue weighted by atomic mass is 9.75. The van der Waals surface area contributed by atoms with E-state index in [1.54, 1.807) is 7.11 Å². The maximum Gasteiger partial charge on any atom is 0.508 e. The Labute approximate surface area is 134 Å². The van der Waals surface area contributed by atoms with Crippen molar-refractivity contribution in [1.82, 2.24) is 0 Å². The Hall–Kier alpha value is -0.810. The average molecular weight is 316 g/mol. The van der Waals surface area contributed by atoms with E-state index in [9.17, 15) is 4.79 Å². The average Bonchev–Trinajstić information content (AvgIpc) is 2.43. The number of methoxy groups -OCH3 is 1. The van der Waals surface area contributed by atoms with Crippen LogP contribution in [0.25, 0.3) is 0 Å². The molecule has 0 aromatic carbocycles. The summed E-state index contributed by atoms with van der Waals surface area (Å²) in [5, 5.41) is 0. The Bertz CT molecular complexity index is 340. The van der Waals surface area contributed by atoms with Crippen molar-refractivity contribution in [3.63, 3.8) is 0 Å². The van der Waals surface area contributed by atoms with E-state index in [2.05, 4.69) is 20.8 Å². The second-order valence-electron chi connectivity index (χ2n) is 7.03. The van der Waals surface area contributed by atoms with Crippen LogP contribution in [0.15, 0.2) is 0 Å². The highest BCUT2D eigenvalue weighted by molar-refractivity contribution is 5.60. The van der Waals surface area contributed by atoms with E-state index in [0.717, 1.165) is 12.8 Å². The summed E-state index contributed by atoms with van der Waals surface area (Å²) in [5.41, 5.74) is 0. The van der Waals surface area contributed by atoms with Crippen molar-refractivity contribution in [2.24, 2.45) is 17.8 Å². The van der Waals surface area contributed by atoms with Gasteiger partial charge in [-0.2, -0.15) is 0 Å². The molecule has 1 aliphatic rings. The van der Waals surface area contributed by atoms with E-state index >= 15 is 0 Å². The summed E-state index contributed by atoms with van der Waals surface area (Å²) >= 11 is 0. The number of ether oxygens (including phenoxy) is 4. The van der Waals surface area contributed by atoms with Crippen molar-refractivity contribution in [3.05, 3.63) is 0 Å². The molecule has 22 heavy (non-hydrogen) atoms. The van der Waals surface area contributed by atoms with E-state index < -0.39 is 11.9 Å². The molecule has 0 spiro atoms. The van der Waals surface area contributed by atoms with Crippen LogP contribution in [-0.4, -0.2) is 38.4 Å². The van der Waals surface area contributed by atoms with E-state index in [-0.39, 0.29) is 19.3 Å². The maximum absolute atomic E-state index is 11.8. The fourth-order valence-corrected chi connectivity index (χ4v) is 2.88. The fraction of sp³-hybridized carbons (Fsp3) is 0.941. The number of carbonyl (C=O) groups is 1. The van der Waals surface area contributed by atoms with E-state index in [4.69, 9.17) is 18.9 Å². The molecule has 0 heterocycles. The number of rotatable bonds is 7. The van der Waals surface area contributed by atoms with Gasteiger partial charge in [-0.15, -0.1) is 0 Å². The van der Waals surface area contributed by atoms with Crippen LogP contribution in [0, 0.1) is 17.8 Å². The van der Waals surface area contributed by atoms with Gasteiger partial charge in [-0.3, -0.25) is 0 Å². The highest BCUT2D eigenvalue weighted by Crippen LogP contribution is 2.35. The molecule has 0 aromatic heterocycles. The Morgan fingerprint density at radius 2 is 1.91 bits per heavy atom. The summed E-state index contributed by atoms with van der Waals surface area (Å²) in [7, 11) is 1.57. The first kappa shape index (κ1) is 19.2. The molecule has 1 aliphatic carbocycles. The first-order chi connectivity index (χ1) is 10.2. The molecule has 0 aromatic rings. The summed E-state index contributed by atoms with van der Waals surface area (Å²) in [6.45, 7) is 10.6. The summed E-state index contributed by atoms with van der Waals surface area (Å²) < 4.78 is 21.2. The summed E-state index contributed by atoms with van der Waals surface area (Å²) in [6.07, 6.45) is 2.61. The van der Waals surface area contributed by atoms with Gasteiger partial charge >= 0.3 is 6.16 Å². The Morgan fingerprint density at radius 3 is 2.50 bits per heavy atom. The van der Waals surface area contributed by atoms with Crippen LogP contribution in [0.2, 0.25) is 0 Å². The van der Waals surface area contributed by atoms with Crippen LogP contribution in [0.3, 0.4) is 0 Å².